The number of hydrazone groups is 1. The Kier molecular flexibility index (Phi) is 5.05. The van der Waals surface area contributed by atoms with Gasteiger partial charge >= 0.3 is 0 Å². The minimum Gasteiger partial charge on any atom is -0.484 e. The van der Waals surface area contributed by atoms with E-state index in [1.165, 1.54) is 11.0 Å². The number of hydrogen-bond acceptors (Lipinski definition) is 6. The molecule has 0 aliphatic carbocycles. The van der Waals surface area contributed by atoms with Gasteiger partial charge in [-0.25, -0.2) is 0 Å². The number of likely N-dealkylation sites (tertiary alicyclic amines) is 1. The van der Waals surface area contributed by atoms with Gasteiger partial charge in [-0.3, -0.25) is 24.3 Å². The number of hydrogen-bond donors (Lipinski definition) is 1. The molecule has 2 aliphatic rings. The van der Waals surface area contributed by atoms with Gasteiger partial charge in [-0.1, -0.05) is 24.3 Å². The molecule has 0 saturated carbocycles. The number of primary amides is 1. The van der Waals surface area contributed by atoms with Crippen molar-refractivity contribution in [1.82, 2.24) is 4.90 Å². The summed E-state index contributed by atoms with van der Waals surface area (Å²) in [5.41, 5.74) is 7.02. The van der Waals surface area contributed by atoms with E-state index in [0.29, 0.717) is 17.0 Å². The Hall–Kier alpha value is -3.94. The van der Waals surface area contributed by atoms with Gasteiger partial charge in [0.25, 0.3) is 11.8 Å². The first-order valence-electron chi connectivity index (χ1n) is 9.41. The average molecular weight is 404 g/mol. The molecule has 8 heteroatoms. The number of imide groups is 1. The Morgan fingerprint density at radius 1 is 1.10 bits per heavy atom. The zero-order valence-electron chi connectivity index (χ0n) is 16.1. The summed E-state index contributed by atoms with van der Waals surface area (Å²) in [6, 6.07) is 15.4. The molecule has 1 fully saturated rings. The summed E-state index contributed by atoms with van der Waals surface area (Å²) in [4.78, 5) is 38.2. The fourth-order valence-electron chi connectivity index (χ4n) is 3.69. The zero-order chi connectivity index (χ0) is 21.3. The van der Waals surface area contributed by atoms with Crippen molar-refractivity contribution in [2.45, 2.75) is 6.04 Å². The highest BCUT2D eigenvalue weighted by Crippen LogP contribution is 2.37. The third kappa shape index (κ3) is 3.32. The lowest BCUT2D eigenvalue weighted by Gasteiger charge is -2.21. The number of ether oxygens (including phenoxy) is 1. The van der Waals surface area contributed by atoms with Crippen LogP contribution in [0.15, 0.2) is 72.4 Å². The first-order chi connectivity index (χ1) is 14.5. The van der Waals surface area contributed by atoms with Crippen LogP contribution in [0.1, 0.15) is 5.56 Å². The van der Waals surface area contributed by atoms with Crippen molar-refractivity contribution in [2.24, 2.45) is 16.8 Å². The SMILES string of the molecule is C=CCN1C(=O)[C@@H]2C(c3ccc(OCC(N)=O)cc3)=NN(c3ccccc3)[C@H]2C1=O. The first kappa shape index (κ1) is 19.4. The third-order valence-corrected chi connectivity index (χ3v) is 5.00. The topological polar surface area (TPSA) is 105 Å². The molecule has 2 aliphatic heterocycles. The van der Waals surface area contributed by atoms with Crippen LogP contribution in [-0.4, -0.2) is 47.5 Å². The lowest BCUT2D eigenvalue weighted by atomic mass is 9.93. The van der Waals surface area contributed by atoms with Gasteiger partial charge in [0.05, 0.1) is 11.4 Å². The quantitative estimate of drug-likeness (QED) is 0.553. The van der Waals surface area contributed by atoms with E-state index in [1.54, 1.807) is 29.3 Å². The molecule has 4 rings (SSSR count). The van der Waals surface area contributed by atoms with E-state index in [9.17, 15) is 14.4 Å². The van der Waals surface area contributed by atoms with E-state index in [2.05, 4.69) is 11.7 Å². The Labute approximate surface area is 173 Å². The normalized spacial score (nSPS) is 20.2. The fourth-order valence-corrected chi connectivity index (χ4v) is 3.69. The van der Waals surface area contributed by atoms with E-state index in [-0.39, 0.29) is 25.0 Å². The number of benzene rings is 2. The number of nitrogens with zero attached hydrogens (tertiary/aromatic N) is 3. The van der Waals surface area contributed by atoms with Gasteiger partial charge in [-0.05, 0) is 42.0 Å². The molecule has 8 nitrogen and oxygen atoms in total. The lowest BCUT2D eigenvalue weighted by Crippen LogP contribution is -2.39. The maximum atomic E-state index is 13.1. The largest absolute Gasteiger partial charge is 0.484 e. The highest BCUT2D eigenvalue weighted by atomic mass is 16.5. The van der Waals surface area contributed by atoms with E-state index in [4.69, 9.17) is 10.5 Å². The van der Waals surface area contributed by atoms with Crippen molar-refractivity contribution in [1.29, 1.82) is 0 Å². The van der Waals surface area contributed by atoms with E-state index < -0.39 is 17.9 Å². The predicted molar refractivity (Wildman–Crippen MR) is 111 cm³/mol. The predicted octanol–water partition coefficient (Wildman–Crippen LogP) is 1.31. The molecule has 0 aromatic heterocycles. The van der Waals surface area contributed by atoms with Crippen LogP contribution in [0.5, 0.6) is 5.75 Å². The van der Waals surface area contributed by atoms with Crippen molar-refractivity contribution < 1.29 is 19.1 Å². The molecule has 2 N–H and O–H groups in total. The van der Waals surface area contributed by atoms with Gasteiger partial charge in [0, 0.05) is 6.54 Å². The summed E-state index contributed by atoms with van der Waals surface area (Å²) >= 11 is 0. The van der Waals surface area contributed by atoms with E-state index in [1.807, 2.05) is 30.3 Å². The molecule has 2 atom stereocenters. The van der Waals surface area contributed by atoms with E-state index >= 15 is 0 Å². The summed E-state index contributed by atoms with van der Waals surface area (Å²) in [6.07, 6.45) is 1.53. The second-order valence-corrected chi connectivity index (χ2v) is 6.94. The molecule has 3 amide bonds. The fraction of sp³-hybridized carbons (Fsp3) is 0.182. The van der Waals surface area contributed by atoms with Crippen molar-refractivity contribution in [3.05, 3.63) is 72.8 Å². The van der Waals surface area contributed by atoms with Gasteiger partial charge in [0.15, 0.2) is 6.61 Å². The van der Waals surface area contributed by atoms with Crippen LogP contribution < -0.4 is 15.5 Å². The number of anilines is 1. The van der Waals surface area contributed by atoms with Crippen LogP contribution in [0, 0.1) is 5.92 Å². The van der Waals surface area contributed by atoms with Crippen LogP contribution in [0.2, 0.25) is 0 Å². The molecule has 1 saturated heterocycles. The van der Waals surface area contributed by atoms with Crippen molar-refractivity contribution in [2.75, 3.05) is 18.2 Å². The minimum absolute atomic E-state index is 0.153. The van der Waals surface area contributed by atoms with Crippen molar-refractivity contribution in [3.63, 3.8) is 0 Å². The molecule has 0 radical (unpaired) electrons. The molecule has 0 bridgehead atoms. The van der Waals surface area contributed by atoms with E-state index in [0.717, 1.165) is 5.69 Å². The van der Waals surface area contributed by atoms with Gasteiger partial charge in [0.2, 0.25) is 5.91 Å². The summed E-state index contributed by atoms with van der Waals surface area (Å²) < 4.78 is 5.28. The summed E-state index contributed by atoms with van der Waals surface area (Å²) in [5.74, 6) is -1.41. The standard InChI is InChI=1S/C22H20N4O4/c1-2-12-25-21(28)18-19(14-8-10-16(11-9-14)30-13-17(23)27)24-26(20(18)22(25)29)15-6-4-3-5-7-15/h2-11,18,20H,1,12-13H2,(H2,23,27)/t18-,20-/m1/s1. The number of carbonyl (C=O) groups is 3. The molecule has 0 unspecified atom stereocenters. The molecule has 0 spiro atoms. The van der Waals surface area contributed by atoms with Gasteiger partial charge in [0.1, 0.15) is 17.7 Å². The monoisotopic (exact) mass is 404 g/mol. The lowest BCUT2D eigenvalue weighted by molar-refractivity contribution is -0.138. The molecule has 2 aromatic carbocycles. The smallest absolute Gasteiger partial charge is 0.255 e. The number of fused-ring (bicyclic) bond motifs is 1. The number of amides is 3. The zero-order valence-corrected chi connectivity index (χ0v) is 16.1. The second-order valence-electron chi connectivity index (χ2n) is 6.94. The number of nitrogens with two attached hydrogens (primary N) is 1. The highest BCUT2D eigenvalue weighted by Gasteiger charge is 2.56. The van der Waals surface area contributed by atoms with Gasteiger partial charge in [-0.2, -0.15) is 5.10 Å². The van der Waals surface area contributed by atoms with Crippen LogP contribution in [0.4, 0.5) is 5.69 Å². The Bertz CT molecular complexity index is 1030. The van der Waals surface area contributed by atoms with Crippen LogP contribution in [-0.2, 0) is 14.4 Å². The van der Waals surface area contributed by atoms with Crippen LogP contribution >= 0.6 is 0 Å². The van der Waals surface area contributed by atoms with Crippen LogP contribution in [0.25, 0.3) is 0 Å². The summed E-state index contributed by atoms with van der Waals surface area (Å²) in [6.45, 7) is 3.57. The maximum Gasteiger partial charge on any atom is 0.255 e. The third-order valence-electron chi connectivity index (χ3n) is 5.00. The minimum atomic E-state index is -0.736. The highest BCUT2D eigenvalue weighted by molar-refractivity contribution is 6.25. The molecule has 2 heterocycles. The molecule has 2 aromatic rings. The summed E-state index contributed by atoms with van der Waals surface area (Å²) in [5, 5.41) is 6.27. The van der Waals surface area contributed by atoms with Gasteiger partial charge in [-0.15, -0.1) is 6.58 Å². The number of para-hydroxylation sites is 1. The molecular formula is C22H20N4O4. The number of rotatable bonds is 7. The maximum absolute atomic E-state index is 13.1. The first-order valence-corrected chi connectivity index (χ1v) is 9.41. The molecular weight excluding hydrogens is 384 g/mol. The second kappa shape index (κ2) is 7.82. The Balaban J connectivity index is 1.71. The average Bonchev–Trinajstić information content (AvgIpc) is 3.26. The molecule has 30 heavy (non-hydrogen) atoms. The Morgan fingerprint density at radius 2 is 1.80 bits per heavy atom. The Morgan fingerprint density at radius 3 is 2.43 bits per heavy atom. The van der Waals surface area contributed by atoms with Gasteiger partial charge < -0.3 is 10.5 Å². The summed E-state index contributed by atoms with van der Waals surface area (Å²) in [7, 11) is 0. The van der Waals surface area contributed by atoms with Crippen molar-refractivity contribution in [3.8, 4) is 5.75 Å². The van der Waals surface area contributed by atoms with Crippen LogP contribution in [0.3, 0.4) is 0 Å². The number of carbonyl (C=O) groups excluding carboxylic acids is 3. The molecule has 152 valence electrons. The van der Waals surface area contributed by atoms with Crippen molar-refractivity contribution >= 4 is 29.1 Å².